The Morgan fingerprint density at radius 3 is 2.22 bits per heavy atom. The van der Waals surface area contributed by atoms with Crippen LogP contribution in [0.1, 0.15) is 36.4 Å². The van der Waals surface area contributed by atoms with E-state index >= 15 is 0 Å². The number of methoxy groups -OCH3 is 4. The number of allylic oxidation sites excluding steroid dienone is 1. The summed E-state index contributed by atoms with van der Waals surface area (Å²) in [6, 6.07) is 11.7. The van der Waals surface area contributed by atoms with Gasteiger partial charge in [0, 0.05) is 5.70 Å². The van der Waals surface area contributed by atoms with E-state index in [2.05, 4.69) is 11.4 Å². The first-order valence-electron chi connectivity index (χ1n) is 10.6. The Morgan fingerprint density at radius 2 is 1.53 bits per heavy atom. The summed E-state index contributed by atoms with van der Waals surface area (Å²) in [6.07, 6.45) is 5.11. The van der Waals surface area contributed by atoms with Gasteiger partial charge in [0.2, 0.25) is 0 Å². The molecule has 1 aliphatic carbocycles. The van der Waals surface area contributed by atoms with Gasteiger partial charge >= 0.3 is 0 Å². The molecule has 0 bridgehead atoms. The summed E-state index contributed by atoms with van der Waals surface area (Å²) >= 11 is 0. The number of hydrogen-bond donors (Lipinski definition) is 2. The molecule has 7 heteroatoms. The molecule has 1 unspecified atom stereocenters. The Balaban J connectivity index is 1.75. The first-order chi connectivity index (χ1) is 15.6. The van der Waals surface area contributed by atoms with Gasteiger partial charge in [0.15, 0.2) is 29.0 Å². The van der Waals surface area contributed by atoms with Crippen LogP contribution < -0.4 is 30.0 Å². The second-order valence-corrected chi connectivity index (χ2v) is 7.69. The lowest BCUT2D eigenvalue weighted by Gasteiger charge is -2.32. The SMILES string of the molecule is COc1ccc(/C=C2\CCCC3=C2NC(N)=NC3c2ccc(OC)c(OC)c2)cc1OC. The normalized spacial score (nSPS) is 19.1. The largest absolute Gasteiger partial charge is 0.493 e. The maximum atomic E-state index is 6.22. The van der Waals surface area contributed by atoms with Gasteiger partial charge < -0.3 is 30.0 Å². The maximum absolute atomic E-state index is 6.22. The third-order valence-electron chi connectivity index (χ3n) is 5.86. The van der Waals surface area contributed by atoms with Crippen molar-refractivity contribution < 1.29 is 18.9 Å². The van der Waals surface area contributed by atoms with Gasteiger partial charge in [-0.05, 0) is 71.9 Å². The van der Waals surface area contributed by atoms with Crippen molar-refractivity contribution in [3.8, 4) is 23.0 Å². The number of ether oxygens (including phenoxy) is 4. The Bertz CT molecular complexity index is 1100. The summed E-state index contributed by atoms with van der Waals surface area (Å²) in [5, 5.41) is 3.32. The van der Waals surface area contributed by atoms with Gasteiger partial charge in [-0.3, -0.25) is 0 Å². The fraction of sp³-hybridized carbons (Fsp3) is 0.320. The lowest BCUT2D eigenvalue weighted by molar-refractivity contribution is 0.354. The number of benzene rings is 2. The molecule has 7 nitrogen and oxygen atoms in total. The van der Waals surface area contributed by atoms with E-state index in [1.54, 1.807) is 28.4 Å². The lowest BCUT2D eigenvalue weighted by atomic mass is 9.83. The zero-order chi connectivity index (χ0) is 22.7. The molecule has 1 atom stereocenters. The molecule has 3 N–H and O–H groups in total. The molecule has 4 rings (SSSR count). The average molecular weight is 436 g/mol. The van der Waals surface area contributed by atoms with E-state index in [1.807, 2.05) is 36.4 Å². The van der Waals surface area contributed by atoms with E-state index in [0.29, 0.717) is 29.0 Å². The van der Waals surface area contributed by atoms with Crippen LogP contribution in [0.4, 0.5) is 0 Å². The standard InChI is InChI=1S/C25H29N3O4/c1-29-19-10-8-15(13-21(19)31-3)12-16-6-5-7-18-23(16)27-25(26)28-24(18)17-9-11-20(30-2)22(14-17)32-4/h8-14,24H,5-7H2,1-4H3,(H3,26,27,28)/b16-12+. The lowest BCUT2D eigenvalue weighted by Crippen LogP contribution is -2.38. The van der Waals surface area contributed by atoms with Crippen molar-refractivity contribution in [2.24, 2.45) is 10.7 Å². The van der Waals surface area contributed by atoms with E-state index < -0.39 is 0 Å². The van der Waals surface area contributed by atoms with E-state index in [9.17, 15) is 0 Å². The Labute approximate surface area is 188 Å². The van der Waals surface area contributed by atoms with E-state index in [-0.39, 0.29) is 6.04 Å². The first kappa shape index (κ1) is 21.6. The predicted molar refractivity (Wildman–Crippen MR) is 125 cm³/mol. The fourth-order valence-electron chi connectivity index (χ4n) is 4.32. The van der Waals surface area contributed by atoms with Crippen LogP contribution in [-0.2, 0) is 0 Å². The molecule has 1 heterocycles. The Kier molecular flexibility index (Phi) is 6.25. The molecule has 2 aromatic rings. The molecular formula is C25H29N3O4. The first-order valence-corrected chi connectivity index (χ1v) is 10.6. The molecule has 168 valence electrons. The van der Waals surface area contributed by atoms with Crippen LogP contribution in [0.2, 0.25) is 0 Å². The highest BCUT2D eigenvalue weighted by atomic mass is 16.5. The van der Waals surface area contributed by atoms with Crippen LogP contribution in [0, 0.1) is 0 Å². The molecule has 0 spiro atoms. The summed E-state index contributed by atoms with van der Waals surface area (Å²) in [7, 11) is 6.54. The smallest absolute Gasteiger partial charge is 0.194 e. The number of guanidine groups is 1. The highest BCUT2D eigenvalue weighted by molar-refractivity contribution is 5.84. The summed E-state index contributed by atoms with van der Waals surface area (Å²) in [6.45, 7) is 0. The molecule has 0 saturated heterocycles. The van der Waals surface area contributed by atoms with Crippen molar-refractivity contribution in [2.75, 3.05) is 28.4 Å². The average Bonchev–Trinajstić information content (AvgIpc) is 2.83. The summed E-state index contributed by atoms with van der Waals surface area (Å²) in [5.41, 5.74) is 11.8. The van der Waals surface area contributed by atoms with Gasteiger partial charge in [-0.25, -0.2) is 4.99 Å². The molecule has 1 aliphatic heterocycles. The fourth-order valence-corrected chi connectivity index (χ4v) is 4.32. The molecule has 0 radical (unpaired) electrons. The van der Waals surface area contributed by atoms with Crippen molar-refractivity contribution in [1.29, 1.82) is 0 Å². The molecule has 32 heavy (non-hydrogen) atoms. The van der Waals surface area contributed by atoms with Crippen molar-refractivity contribution in [3.05, 3.63) is 64.4 Å². The summed E-state index contributed by atoms with van der Waals surface area (Å²) in [4.78, 5) is 4.72. The number of nitrogens with one attached hydrogen (secondary N) is 1. The van der Waals surface area contributed by atoms with Gasteiger partial charge in [0.05, 0.1) is 28.4 Å². The molecule has 0 fully saturated rings. The zero-order valence-corrected chi connectivity index (χ0v) is 18.9. The number of nitrogens with two attached hydrogens (primary N) is 1. The summed E-state index contributed by atoms with van der Waals surface area (Å²) in [5.74, 6) is 3.18. The summed E-state index contributed by atoms with van der Waals surface area (Å²) < 4.78 is 21.7. The third kappa shape index (κ3) is 4.10. The molecule has 2 aromatic carbocycles. The number of nitrogens with zero attached hydrogens (tertiary/aromatic N) is 1. The highest BCUT2D eigenvalue weighted by Crippen LogP contribution is 2.42. The van der Waals surface area contributed by atoms with Gasteiger partial charge in [-0.15, -0.1) is 0 Å². The van der Waals surface area contributed by atoms with Crippen LogP contribution in [0.5, 0.6) is 23.0 Å². The molecule has 2 aliphatic rings. The Morgan fingerprint density at radius 1 is 0.875 bits per heavy atom. The number of rotatable bonds is 6. The molecular weight excluding hydrogens is 406 g/mol. The van der Waals surface area contributed by atoms with Crippen LogP contribution in [0.15, 0.2) is 58.2 Å². The van der Waals surface area contributed by atoms with Gasteiger partial charge in [-0.2, -0.15) is 0 Å². The minimum atomic E-state index is -0.167. The van der Waals surface area contributed by atoms with Crippen LogP contribution in [0.25, 0.3) is 6.08 Å². The number of aliphatic imine (C=N–C) groups is 1. The van der Waals surface area contributed by atoms with Crippen molar-refractivity contribution in [1.82, 2.24) is 5.32 Å². The minimum absolute atomic E-state index is 0.167. The third-order valence-corrected chi connectivity index (χ3v) is 5.86. The van der Waals surface area contributed by atoms with Gasteiger partial charge in [-0.1, -0.05) is 12.1 Å². The van der Waals surface area contributed by atoms with Crippen LogP contribution >= 0.6 is 0 Å². The second kappa shape index (κ2) is 9.26. The van der Waals surface area contributed by atoms with Crippen molar-refractivity contribution in [3.63, 3.8) is 0 Å². The van der Waals surface area contributed by atoms with Gasteiger partial charge in [0.1, 0.15) is 6.04 Å². The number of hydrogen-bond acceptors (Lipinski definition) is 7. The van der Waals surface area contributed by atoms with Crippen LogP contribution in [0.3, 0.4) is 0 Å². The minimum Gasteiger partial charge on any atom is -0.493 e. The molecule has 0 aromatic heterocycles. The maximum Gasteiger partial charge on any atom is 0.194 e. The topological polar surface area (TPSA) is 87.3 Å². The Hall–Kier alpha value is -3.61. The zero-order valence-electron chi connectivity index (χ0n) is 18.9. The van der Waals surface area contributed by atoms with Crippen molar-refractivity contribution >= 4 is 12.0 Å². The monoisotopic (exact) mass is 435 g/mol. The van der Waals surface area contributed by atoms with Crippen LogP contribution in [-0.4, -0.2) is 34.4 Å². The van der Waals surface area contributed by atoms with Gasteiger partial charge in [0.25, 0.3) is 0 Å². The molecule has 0 amide bonds. The van der Waals surface area contributed by atoms with E-state index in [4.69, 9.17) is 29.7 Å². The predicted octanol–water partition coefficient (Wildman–Crippen LogP) is 4.20. The highest BCUT2D eigenvalue weighted by Gasteiger charge is 2.29. The quantitative estimate of drug-likeness (QED) is 0.707. The van der Waals surface area contributed by atoms with E-state index in [0.717, 1.165) is 36.1 Å². The van der Waals surface area contributed by atoms with Crippen molar-refractivity contribution in [2.45, 2.75) is 25.3 Å². The molecule has 0 saturated carbocycles. The van der Waals surface area contributed by atoms with E-state index in [1.165, 1.54) is 11.1 Å². The second-order valence-electron chi connectivity index (χ2n) is 7.69.